The first-order chi connectivity index (χ1) is 8.06. The Morgan fingerprint density at radius 2 is 2.29 bits per heavy atom. The third-order valence-electron chi connectivity index (χ3n) is 2.06. The first kappa shape index (κ1) is 13.6. The maximum absolute atomic E-state index is 11.4. The van der Waals surface area contributed by atoms with E-state index in [0.717, 1.165) is 0 Å². The van der Waals surface area contributed by atoms with Crippen LogP contribution < -0.4 is 15.4 Å². The standard InChI is InChI=1S/C11H15ClN2O3/c1-7(6-15)13-11(16)14-8-3-4-10(17-2)9(12)5-8/h3-5,7,15H,6H2,1-2H3,(H2,13,14,16). The van der Waals surface area contributed by atoms with Crippen LogP contribution in [0.3, 0.4) is 0 Å². The summed E-state index contributed by atoms with van der Waals surface area (Å²) >= 11 is 5.91. The molecule has 1 aromatic carbocycles. The number of anilines is 1. The minimum Gasteiger partial charge on any atom is -0.495 e. The molecule has 1 unspecified atom stereocenters. The molecule has 0 spiro atoms. The van der Waals surface area contributed by atoms with E-state index in [1.54, 1.807) is 25.1 Å². The van der Waals surface area contributed by atoms with Crippen LogP contribution in [-0.2, 0) is 0 Å². The number of carbonyl (C=O) groups excluding carboxylic acids is 1. The molecule has 0 saturated heterocycles. The predicted octanol–water partition coefficient (Wildman–Crippen LogP) is 1.85. The molecule has 5 nitrogen and oxygen atoms in total. The van der Waals surface area contributed by atoms with Gasteiger partial charge < -0.3 is 20.5 Å². The van der Waals surface area contributed by atoms with Gasteiger partial charge in [-0.15, -0.1) is 0 Å². The monoisotopic (exact) mass is 258 g/mol. The summed E-state index contributed by atoms with van der Waals surface area (Å²) in [6.07, 6.45) is 0. The van der Waals surface area contributed by atoms with Gasteiger partial charge in [-0.25, -0.2) is 4.79 Å². The Hall–Kier alpha value is -1.46. The van der Waals surface area contributed by atoms with Crippen molar-refractivity contribution in [2.45, 2.75) is 13.0 Å². The number of nitrogens with one attached hydrogen (secondary N) is 2. The lowest BCUT2D eigenvalue weighted by Crippen LogP contribution is -2.38. The van der Waals surface area contributed by atoms with Crippen molar-refractivity contribution < 1.29 is 14.6 Å². The Kier molecular flexibility index (Phi) is 5.06. The van der Waals surface area contributed by atoms with E-state index in [4.69, 9.17) is 21.4 Å². The maximum Gasteiger partial charge on any atom is 0.319 e. The molecule has 2 amide bonds. The summed E-state index contributed by atoms with van der Waals surface area (Å²) in [6.45, 7) is 1.58. The molecule has 0 bridgehead atoms. The fourth-order valence-corrected chi connectivity index (χ4v) is 1.44. The number of aliphatic hydroxyl groups excluding tert-OH is 1. The van der Waals surface area contributed by atoms with Crippen molar-refractivity contribution in [3.8, 4) is 5.75 Å². The topological polar surface area (TPSA) is 70.6 Å². The second kappa shape index (κ2) is 6.32. The lowest BCUT2D eigenvalue weighted by molar-refractivity contribution is 0.229. The van der Waals surface area contributed by atoms with E-state index in [9.17, 15) is 4.79 Å². The second-order valence-electron chi connectivity index (χ2n) is 3.53. The zero-order chi connectivity index (χ0) is 12.8. The fraction of sp³-hybridized carbons (Fsp3) is 0.364. The Bertz CT molecular complexity index is 398. The number of amides is 2. The summed E-state index contributed by atoms with van der Waals surface area (Å²) in [5.41, 5.74) is 0.554. The van der Waals surface area contributed by atoms with Crippen LogP contribution in [0.2, 0.25) is 5.02 Å². The SMILES string of the molecule is COc1ccc(NC(=O)NC(C)CO)cc1Cl. The van der Waals surface area contributed by atoms with E-state index in [-0.39, 0.29) is 12.6 Å². The quantitative estimate of drug-likeness (QED) is 0.772. The molecule has 0 fully saturated rings. The average molecular weight is 259 g/mol. The van der Waals surface area contributed by atoms with Crippen LogP contribution >= 0.6 is 11.6 Å². The van der Waals surface area contributed by atoms with Crippen LogP contribution in [0.1, 0.15) is 6.92 Å². The Morgan fingerprint density at radius 1 is 1.59 bits per heavy atom. The fourth-order valence-electron chi connectivity index (χ4n) is 1.18. The van der Waals surface area contributed by atoms with Gasteiger partial charge in [0.2, 0.25) is 0 Å². The number of ether oxygens (including phenoxy) is 1. The van der Waals surface area contributed by atoms with Gasteiger partial charge in [-0.3, -0.25) is 0 Å². The Labute approximate surface area is 105 Å². The number of aliphatic hydroxyl groups is 1. The molecule has 0 aliphatic rings. The third-order valence-corrected chi connectivity index (χ3v) is 2.36. The molecule has 0 radical (unpaired) electrons. The molecule has 0 saturated carbocycles. The Morgan fingerprint density at radius 3 is 2.82 bits per heavy atom. The summed E-state index contributed by atoms with van der Waals surface area (Å²) < 4.78 is 4.99. The van der Waals surface area contributed by atoms with Crippen molar-refractivity contribution in [2.24, 2.45) is 0 Å². The number of urea groups is 1. The number of carbonyl (C=O) groups is 1. The number of methoxy groups -OCH3 is 1. The summed E-state index contributed by atoms with van der Waals surface area (Å²) in [6, 6.07) is 4.22. The van der Waals surface area contributed by atoms with Gasteiger partial charge in [0.1, 0.15) is 5.75 Å². The first-order valence-electron chi connectivity index (χ1n) is 5.08. The highest BCUT2D eigenvalue weighted by molar-refractivity contribution is 6.32. The van der Waals surface area contributed by atoms with Gasteiger partial charge in [-0.2, -0.15) is 0 Å². The molecule has 6 heteroatoms. The molecular formula is C11H15ClN2O3. The number of rotatable bonds is 4. The molecular weight excluding hydrogens is 244 g/mol. The molecule has 17 heavy (non-hydrogen) atoms. The van der Waals surface area contributed by atoms with E-state index in [2.05, 4.69) is 10.6 Å². The lowest BCUT2D eigenvalue weighted by atomic mass is 10.3. The molecule has 0 aliphatic heterocycles. The molecule has 1 atom stereocenters. The smallest absolute Gasteiger partial charge is 0.319 e. The average Bonchev–Trinajstić information content (AvgIpc) is 2.29. The van der Waals surface area contributed by atoms with Gasteiger partial charge in [0.15, 0.2) is 0 Å². The van der Waals surface area contributed by atoms with E-state index in [1.807, 2.05) is 0 Å². The lowest BCUT2D eigenvalue weighted by Gasteiger charge is -2.12. The molecule has 1 rings (SSSR count). The first-order valence-corrected chi connectivity index (χ1v) is 5.46. The third kappa shape index (κ3) is 4.13. The molecule has 0 heterocycles. The zero-order valence-corrected chi connectivity index (χ0v) is 10.4. The second-order valence-corrected chi connectivity index (χ2v) is 3.94. The predicted molar refractivity (Wildman–Crippen MR) is 66.7 cm³/mol. The van der Waals surface area contributed by atoms with Crippen LogP contribution in [0, 0.1) is 0 Å². The summed E-state index contributed by atoms with van der Waals surface area (Å²) in [5.74, 6) is 0.543. The molecule has 3 N–H and O–H groups in total. The van der Waals surface area contributed by atoms with E-state index < -0.39 is 6.03 Å². The van der Waals surface area contributed by atoms with Gasteiger partial charge in [-0.05, 0) is 25.1 Å². The van der Waals surface area contributed by atoms with Crippen LogP contribution in [0.15, 0.2) is 18.2 Å². The normalized spacial score (nSPS) is 11.8. The van der Waals surface area contributed by atoms with Crippen molar-refractivity contribution in [1.82, 2.24) is 5.32 Å². The summed E-state index contributed by atoms with van der Waals surface area (Å²) in [4.78, 5) is 11.4. The molecule has 1 aromatic rings. The van der Waals surface area contributed by atoms with E-state index in [0.29, 0.717) is 16.5 Å². The van der Waals surface area contributed by atoms with Crippen LogP contribution in [-0.4, -0.2) is 30.9 Å². The van der Waals surface area contributed by atoms with Gasteiger partial charge in [-0.1, -0.05) is 11.6 Å². The highest BCUT2D eigenvalue weighted by Crippen LogP contribution is 2.27. The van der Waals surface area contributed by atoms with Gasteiger partial charge in [0.25, 0.3) is 0 Å². The minimum atomic E-state index is -0.396. The number of hydrogen-bond donors (Lipinski definition) is 3. The van der Waals surface area contributed by atoms with E-state index >= 15 is 0 Å². The van der Waals surface area contributed by atoms with Crippen molar-refractivity contribution in [2.75, 3.05) is 19.0 Å². The molecule has 94 valence electrons. The van der Waals surface area contributed by atoms with Crippen molar-refractivity contribution in [1.29, 1.82) is 0 Å². The summed E-state index contributed by atoms with van der Waals surface area (Å²) in [5, 5.41) is 14.3. The molecule has 0 aliphatic carbocycles. The maximum atomic E-state index is 11.4. The summed E-state index contributed by atoms with van der Waals surface area (Å²) in [7, 11) is 1.52. The Balaban J connectivity index is 2.63. The number of benzene rings is 1. The van der Waals surface area contributed by atoms with E-state index in [1.165, 1.54) is 7.11 Å². The van der Waals surface area contributed by atoms with Crippen LogP contribution in [0.4, 0.5) is 10.5 Å². The van der Waals surface area contributed by atoms with Gasteiger partial charge in [0.05, 0.1) is 24.8 Å². The largest absolute Gasteiger partial charge is 0.495 e. The highest BCUT2D eigenvalue weighted by Gasteiger charge is 2.07. The van der Waals surface area contributed by atoms with Crippen LogP contribution in [0.25, 0.3) is 0 Å². The number of hydrogen-bond acceptors (Lipinski definition) is 3. The van der Waals surface area contributed by atoms with Gasteiger partial charge in [0, 0.05) is 5.69 Å². The number of halogens is 1. The van der Waals surface area contributed by atoms with Crippen molar-refractivity contribution in [3.63, 3.8) is 0 Å². The molecule has 0 aromatic heterocycles. The van der Waals surface area contributed by atoms with Gasteiger partial charge >= 0.3 is 6.03 Å². The van der Waals surface area contributed by atoms with Crippen molar-refractivity contribution in [3.05, 3.63) is 23.2 Å². The van der Waals surface area contributed by atoms with Crippen molar-refractivity contribution >= 4 is 23.3 Å². The minimum absolute atomic E-state index is 0.114. The van der Waals surface area contributed by atoms with Crippen LogP contribution in [0.5, 0.6) is 5.75 Å². The zero-order valence-electron chi connectivity index (χ0n) is 9.66. The highest BCUT2D eigenvalue weighted by atomic mass is 35.5.